The first-order valence-corrected chi connectivity index (χ1v) is 12.3. The summed E-state index contributed by atoms with van der Waals surface area (Å²) in [5, 5.41) is 3.02. The number of aryl methyl sites for hydroxylation is 2. The van der Waals surface area contributed by atoms with Gasteiger partial charge in [0.25, 0.3) is 0 Å². The van der Waals surface area contributed by atoms with Crippen molar-refractivity contribution in [3.63, 3.8) is 0 Å². The van der Waals surface area contributed by atoms with Crippen LogP contribution in [0.4, 0.5) is 4.39 Å². The zero-order valence-corrected chi connectivity index (χ0v) is 20.9. The van der Waals surface area contributed by atoms with E-state index in [4.69, 9.17) is 0 Å². The molecule has 0 spiro atoms. The van der Waals surface area contributed by atoms with Gasteiger partial charge in [-0.25, -0.2) is 4.39 Å². The highest BCUT2D eigenvalue weighted by atomic mass is 19.1. The van der Waals surface area contributed by atoms with Crippen LogP contribution in [-0.2, 0) is 29.0 Å². The third-order valence-electron chi connectivity index (χ3n) is 6.29. The number of carbonyl (C=O) groups excluding carboxylic acids is 2. The number of nitrogens with one attached hydrogen (secondary N) is 1. The fourth-order valence-electron chi connectivity index (χ4n) is 4.04. The first-order valence-electron chi connectivity index (χ1n) is 12.3. The number of unbranched alkanes of at least 4 members (excludes halogenated alkanes) is 1. The van der Waals surface area contributed by atoms with Crippen molar-refractivity contribution in [2.75, 3.05) is 6.54 Å². The second kappa shape index (κ2) is 12.8. The molecule has 0 bridgehead atoms. The summed E-state index contributed by atoms with van der Waals surface area (Å²) in [6.45, 7) is 6.93. The maximum atomic E-state index is 13.7. The van der Waals surface area contributed by atoms with Crippen molar-refractivity contribution in [1.29, 1.82) is 0 Å². The lowest BCUT2D eigenvalue weighted by Gasteiger charge is -2.32. The number of hydrogen-bond donors (Lipinski definition) is 1. The van der Waals surface area contributed by atoms with Crippen LogP contribution in [0.2, 0.25) is 0 Å². The molecule has 35 heavy (non-hydrogen) atoms. The Kier molecular flexibility index (Phi) is 9.59. The molecule has 3 aromatic carbocycles. The van der Waals surface area contributed by atoms with Gasteiger partial charge < -0.3 is 10.2 Å². The summed E-state index contributed by atoms with van der Waals surface area (Å²) in [5.41, 5.74) is 4.96. The van der Waals surface area contributed by atoms with Gasteiger partial charge in [-0.15, -0.1) is 0 Å². The SMILES string of the molecule is CCCCNC(=O)[C@@H](Cc1ccccc1)N(Cc1ccc(F)cc1)C(=O)Cc1ccc(C)c(C)c1. The molecule has 0 aliphatic carbocycles. The van der Waals surface area contributed by atoms with Crippen molar-refractivity contribution < 1.29 is 14.0 Å². The molecule has 1 N–H and O–H groups in total. The van der Waals surface area contributed by atoms with Gasteiger partial charge in [0.15, 0.2) is 0 Å². The molecule has 0 saturated heterocycles. The molecule has 3 rings (SSSR count). The largest absolute Gasteiger partial charge is 0.354 e. The molecule has 1 atom stereocenters. The van der Waals surface area contributed by atoms with E-state index in [1.807, 2.05) is 62.4 Å². The van der Waals surface area contributed by atoms with Crippen molar-refractivity contribution in [1.82, 2.24) is 10.2 Å². The van der Waals surface area contributed by atoms with E-state index in [0.29, 0.717) is 13.0 Å². The molecule has 0 radical (unpaired) electrons. The molecule has 2 amide bonds. The molecule has 3 aromatic rings. The average Bonchev–Trinajstić information content (AvgIpc) is 2.85. The van der Waals surface area contributed by atoms with E-state index in [9.17, 15) is 14.0 Å². The third kappa shape index (κ3) is 7.78. The smallest absolute Gasteiger partial charge is 0.243 e. The van der Waals surface area contributed by atoms with E-state index in [1.165, 1.54) is 17.7 Å². The number of amides is 2. The Morgan fingerprint density at radius 3 is 2.23 bits per heavy atom. The van der Waals surface area contributed by atoms with Crippen molar-refractivity contribution in [2.45, 2.75) is 59.0 Å². The molecule has 5 heteroatoms. The van der Waals surface area contributed by atoms with E-state index >= 15 is 0 Å². The second-order valence-electron chi connectivity index (χ2n) is 9.09. The zero-order valence-electron chi connectivity index (χ0n) is 20.9. The standard InChI is InChI=1S/C30H35FN2O2/c1-4-5-17-32-30(35)28(19-24-9-7-6-8-10-24)33(21-25-13-15-27(31)16-14-25)29(34)20-26-12-11-22(2)23(3)18-26/h6-16,18,28H,4-5,17,19-21H2,1-3H3,(H,32,35)/t28-/m1/s1. The van der Waals surface area contributed by atoms with Crippen LogP contribution in [0.1, 0.15) is 47.6 Å². The van der Waals surface area contributed by atoms with E-state index < -0.39 is 6.04 Å². The van der Waals surface area contributed by atoms with Crippen LogP contribution >= 0.6 is 0 Å². The van der Waals surface area contributed by atoms with Gasteiger partial charge in [-0.05, 0) is 60.2 Å². The summed E-state index contributed by atoms with van der Waals surface area (Å²) >= 11 is 0. The molecule has 0 unspecified atom stereocenters. The highest BCUT2D eigenvalue weighted by molar-refractivity contribution is 5.88. The molecule has 0 aliphatic heterocycles. The maximum Gasteiger partial charge on any atom is 0.243 e. The lowest BCUT2D eigenvalue weighted by molar-refractivity contribution is -0.140. The highest BCUT2D eigenvalue weighted by Crippen LogP contribution is 2.18. The van der Waals surface area contributed by atoms with Crippen LogP contribution in [0.3, 0.4) is 0 Å². The predicted molar refractivity (Wildman–Crippen MR) is 138 cm³/mol. The normalized spacial score (nSPS) is 11.7. The Morgan fingerprint density at radius 1 is 0.886 bits per heavy atom. The summed E-state index contributed by atoms with van der Waals surface area (Å²) in [7, 11) is 0. The van der Waals surface area contributed by atoms with E-state index in [0.717, 1.165) is 35.1 Å². The Morgan fingerprint density at radius 2 is 1.57 bits per heavy atom. The minimum Gasteiger partial charge on any atom is -0.354 e. The van der Waals surface area contributed by atoms with Crippen molar-refractivity contribution in [3.05, 3.63) is 106 Å². The third-order valence-corrected chi connectivity index (χ3v) is 6.29. The topological polar surface area (TPSA) is 49.4 Å². The number of rotatable bonds is 11. The summed E-state index contributed by atoms with van der Waals surface area (Å²) in [5.74, 6) is -0.637. The maximum absolute atomic E-state index is 13.7. The minimum absolute atomic E-state index is 0.135. The Hall–Kier alpha value is -3.47. The van der Waals surface area contributed by atoms with Crippen LogP contribution < -0.4 is 5.32 Å². The van der Waals surface area contributed by atoms with Crippen LogP contribution in [0, 0.1) is 19.7 Å². The van der Waals surface area contributed by atoms with E-state index in [1.54, 1.807) is 17.0 Å². The van der Waals surface area contributed by atoms with Gasteiger partial charge >= 0.3 is 0 Å². The van der Waals surface area contributed by atoms with Gasteiger partial charge in [-0.1, -0.05) is 74.0 Å². The molecule has 0 saturated carbocycles. The fraction of sp³-hybridized carbons (Fsp3) is 0.333. The molecular weight excluding hydrogens is 439 g/mol. The first kappa shape index (κ1) is 26.1. The number of nitrogens with zero attached hydrogens (tertiary/aromatic N) is 1. The molecule has 0 aliphatic rings. The zero-order chi connectivity index (χ0) is 25.2. The first-order chi connectivity index (χ1) is 16.9. The summed E-state index contributed by atoms with van der Waals surface area (Å²) in [6, 6.07) is 21.2. The monoisotopic (exact) mass is 474 g/mol. The summed E-state index contributed by atoms with van der Waals surface area (Å²) in [6.07, 6.45) is 2.43. The van der Waals surface area contributed by atoms with Crippen molar-refractivity contribution >= 4 is 11.8 Å². The average molecular weight is 475 g/mol. The van der Waals surface area contributed by atoms with Crippen molar-refractivity contribution in [2.24, 2.45) is 0 Å². The van der Waals surface area contributed by atoms with Gasteiger partial charge in [-0.2, -0.15) is 0 Å². The predicted octanol–water partition coefficient (Wildman–Crippen LogP) is 5.54. The van der Waals surface area contributed by atoms with E-state index in [2.05, 4.69) is 12.2 Å². The number of benzene rings is 3. The van der Waals surface area contributed by atoms with Gasteiger partial charge in [0.1, 0.15) is 11.9 Å². The van der Waals surface area contributed by atoms with Crippen LogP contribution in [0.15, 0.2) is 72.8 Å². The molecule has 4 nitrogen and oxygen atoms in total. The van der Waals surface area contributed by atoms with Crippen LogP contribution in [-0.4, -0.2) is 29.3 Å². The van der Waals surface area contributed by atoms with Gasteiger partial charge in [0.2, 0.25) is 11.8 Å². The molecule has 0 aromatic heterocycles. The van der Waals surface area contributed by atoms with Crippen molar-refractivity contribution in [3.8, 4) is 0 Å². The Bertz CT molecular complexity index is 1110. The van der Waals surface area contributed by atoms with E-state index in [-0.39, 0.29) is 30.6 Å². The van der Waals surface area contributed by atoms with Gasteiger partial charge in [0, 0.05) is 19.5 Å². The fourth-order valence-corrected chi connectivity index (χ4v) is 4.04. The van der Waals surface area contributed by atoms with Crippen LogP contribution in [0.5, 0.6) is 0 Å². The minimum atomic E-state index is -0.682. The van der Waals surface area contributed by atoms with Gasteiger partial charge in [0.05, 0.1) is 6.42 Å². The molecule has 184 valence electrons. The quantitative estimate of drug-likeness (QED) is 0.371. The highest BCUT2D eigenvalue weighted by Gasteiger charge is 2.30. The lowest BCUT2D eigenvalue weighted by Crippen LogP contribution is -2.51. The molecule has 0 heterocycles. The summed E-state index contributed by atoms with van der Waals surface area (Å²) in [4.78, 5) is 28.8. The second-order valence-corrected chi connectivity index (χ2v) is 9.09. The number of carbonyl (C=O) groups is 2. The van der Waals surface area contributed by atoms with Gasteiger partial charge in [-0.3, -0.25) is 9.59 Å². The van der Waals surface area contributed by atoms with Crippen LogP contribution in [0.25, 0.3) is 0 Å². The Labute approximate surface area is 208 Å². The Balaban J connectivity index is 1.94. The number of halogens is 1. The summed E-state index contributed by atoms with van der Waals surface area (Å²) < 4.78 is 13.5. The number of hydrogen-bond acceptors (Lipinski definition) is 2. The molecular formula is C30H35FN2O2. The lowest BCUT2D eigenvalue weighted by atomic mass is 10.00. The molecule has 0 fully saturated rings.